The lowest BCUT2D eigenvalue weighted by atomic mass is 10.2. The largest absolute Gasteiger partial charge is 0.363 e. The Hall–Kier alpha value is -1.28. The lowest BCUT2D eigenvalue weighted by Crippen LogP contribution is -1.77. The zero-order valence-electron chi connectivity index (χ0n) is 6.12. The average Bonchev–Trinajstić information content (AvgIpc) is 2.57. The van der Waals surface area contributed by atoms with E-state index in [4.69, 9.17) is 11.6 Å². The molecule has 0 fully saturated rings. The van der Waals surface area contributed by atoms with Crippen molar-refractivity contribution in [2.24, 2.45) is 0 Å². The van der Waals surface area contributed by atoms with E-state index in [0.717, 1.165) is 5.56 Å². The Morgan fingerprint density at radius 2 is 2.17 bits per heavy atom. The topological polar surface area (TPSA) is 26.0 Å². The molecule has 3 heteroatoms. The Morgan fingerprint density at radius 3 is 2.83 bits per heavy atom. The van der Waals surface area contributed by atoms with Gasteiger partial charge in [0.05, 0.1) is 11.1 Å². The second-order valence-electron chi connectivity index (χ2n) is 2.29. The van der Waals surface area contributed by atoms with Gasteiger partial charge in [-0.25, -0.2) is 0 Å². The van der Waals surface area contributed by atoms with Gasteiger partial charge in [-0.05, 0) is 6.07 Å². The van der Waals surface area contributed by atoms with Gasteiger partial charge in [-0.3, -0.25) is 0 Å². The van der Waals surface area contributed by atoms with Crippen LogP contribution in [0.4, 0.5) is 0 Å². The highest BCUT2D eigenvalue weighted by Gasteiger charge is 2.04. The fraction of sp³-hybridized carbons (Fsp3) is 0. The van der Waals surface area contributed by atoms with E-state index >= 15 is 0 Å². The van der Waals surface area contributed by atoms with E-state index in [9.17, 15) is 0 Å². The molecule has 1 radical (unpaired) electrons. The van der Waals surface area contributed by atoms with E-state index in [-0.39, 0.29) is 0 Å². The zero-order chi connectivity index (χ0) is 8.39. The molecule has 0 bridgehead atoms. The van der Waals surface area contributed by atoms with Gasteiger partial charge in [-0.1, -0.05) is 35.0 Å². The van der Waals surface area contributed by atoms with Crippen LogP contribution in [0, 0.1) is 6.07 Å². The summed E-state index contributed by atoms with van der Waals surface area (Å²) < 4.78 is 4.66. The van der Waals surface area contributed by atoms with Crippen LogP contribution in [0.3, 0.4) is 0 Å². The molecular weight excluding hydrogens is 174 g/mol. The van der Waals surface area contributed by atoms with Crippen LogP contribution in [-0.2, 0) is 0 Å². The molecule has 0 spiro atoms. The highest BCUT2D eigenvalue weighted by atomic mass is 35.5. The van der Waals surface area contributed by atoms with E-state index in [1.54, 1.807) is 6.07 Å². The molecule has 1 heterocycles. The molecular formula is C9H5ClNO. The number of rotatable bonds is 1. The summed E-state index contributed by atoms with van der Waals surface area (Å²) in [5.41, 5.74) is 1.48. The van der Waals surface area contributed by atoms with Gasteiger partial charge in [0.25, 0.3) is 0 Å². The Bertz CT molecular complexity index is 370. The number of nitrogens with zero attached hydrogens (tertiary/aromatic N) is 1. The molecule has 0 saturated carbocycles. The molecule has 2 aromatic rings. The lowest BCUT2D eigenvalue weighted by molar-refractivity contribution is 0.422. The molecule has 0 aliphatic heterocycles. The summed E-state index contributed by atoms with van der Waals surface area (Å²) >= 11 is 5.91. The highest BCUT2D eigenvalue weighted by Crippen LogP contribution is 2.24. The van der Waals surface area contributed by atoms with E-state index in [2.05, 4.69) is 15.7 Å². The first kappa shape index (κ1) is 7.37. The van der Waals surface area contributed by atoms with Crippen molar-refractivity contribution < 1.29 is 4.52 Å². The molecule has 1 aromatic heterocycles. The molecule has 0 atom stereocenters. The Kier molecular flexibility index (Phi) is 1.84. The first-order valence-corrected chi connectivity index (χ1v) is 3.82. The lowest BCUT2D eigenvalue weighted by Gasteiger charge is -1.96. The first-order valence-electron chi connectivity index (χ1n) is 3.45. The molecule has 0 aliphatic carbocycles. The zero-order valence-corrected chi connectivity index (χ0v) is 6.88. The van der Waals surface area contributed by atoms with Crippen LogP contribution in [0.2, 0.25) is 5.02 Å². The van der Waals surface area contributed by atoms with Crippen LogP contribution in [0.15, 0.2) is 35.1 Å². The van der Waals surface area contributed by atoms with E-state index in [1.165, 1.54) is 6.26 Å². The van der Waals surface area contributed by atoms with Crippen molar-refractivity contribution in [3.05, 3.63) is 41.6 Å². The maximum absolute atomic E-state index is 5.91. The molecule has 2 rings (SSSR count). The monoisotopic (exact) mass is 178 g/mol. The minimum atomic E-state index is 0.639. The smallest absolute Gasteiger partial charge is 0.132 e. The fourth-order valence-electron chi connectivity index (χ4n) is 0.968. The van der Waals surface area contributed by atoms with Gasteiger partial charge >= 0.3 is 0 Å². The van der Waals surface area contributed by atoms with E-state index in [0.29, 0.717) is 10.7 Å². The summed E-state index contributed by atoms with van der Waals surface area (Å²) in [6.45, 7) is 0. The number of hydrogen-bond acceptors (Lipinski definition) is 2. The maximum Gasteiger partial charge on any atom is 0.132 e. The Morgan fingerprint density at radius 1 is 1.33 bits per heavy atom. The van der Waals surface area contributed by atoms with Crippen LogP contribution in [0.5, 0.6) is 0 Å². The molecule has 2 nitrogen and oxygen atoms in total. The predicted octanol–water partition coefficient (Wildman–Crippen LogP) is 2.80. The van der Waals surface area contributed by atoms with Crippen LogP contribution in [0.1, 0.15) is 0 Å². The van der Waals surface area contributed by atoms with Crippen LogP contribution in [-0.4, -0.2) is 5.16 Å². The highest BCUT2D eigenvalue weighted by molar-refractivity contribution is 6.33. The second-order valence-corrected chi connectivity index (χ2v) is 2.69. The van der Waals surface area contributed by atoms with Gasteiger partial charge in [-0.15, -0.1) is 0 Å². The number of hydrogen-bond donors (Lipinski definition) is 0. The minimum absolute atomic E-state index is 0.639. The third kappa shape index (κ3) is 1.21. The average molecular weight is 179 g/mol. The van der Waals surface area contributed by atoms with Crippen molar-refractivity contribution >= 4 is 11.6 Å². The van der Waals surface area contributed by atoms with Crippen molar-refractivity contribution in [1.29, 1.82) is 0 Å². The molecule has 0 aliphatic rings. The molecule has 0 N–H and O–H groups in total. The van der Waals surface area contributed by atoms with Gasteiger partial charge in [0.15, 0.2) is 0 Å². The van der Waals surface area contributed by atoms with Crippen molar-refractivity contribution in [2.75, 3.05) is 0 Å². The molecule has 59 valence electrons. The minimum Gasteiger partial charge on any atom is -0.363 e. The molecule has 0 amide bonds. The molecule has 0 saturated heterocycles. The number of halogens is 1. The first-order chi connectivity index (χ1) is 5.88. The van der Waals surface area contributed by atoms with Crippen LogP contribution in [0.25, 0.3) is 11.3 Å². The fourth-order valence-corrected chi connectivity index (χ4v) is 1.19. The van der Waals surface area contributed by atoms with Crippen molar-refractivity contribution in [1.82, 2.24) is 5.16 Å². The van der Waals surface area contributed by atoms with Crippen molar-refractivity contribution in [3.8, 4) is 11.3 Å². The van der Waals surface area contributed by atoms with Gasteiger partial charge in [-0.2, -0.15) is 0 Å². The molecule has 1 aromatic carbocycles. The summed E-state index contributed by atoms with van der Waals surface area (Å²) in [5, 5.41) is 4.39. The summed E-state index contributed by atoms with van der Waals surface area (Å²) in [5.74, 6) is 0. The van der Waals surface area contributed by atoms with Gasteiger partial charge in [0, 0.05) is 5.56 Å². The molecule has 12 heavy (non-hydrogen) atoms. The normalized spacial score (nSPS) is 10.1. The van der Waals surface area contributed by atoms with Crippen molar-refractivity contribution in [2.45, 2.75) is 0 Å². The summed E-state index contributed by atoms with van der Waals surface area (Å²) in [6, 6.07) is 10.3. The van der Waals surface area contributed by atoms with Gasteiger partial charge < -0.3 is 4.52 Å². The summed E-state index contributed by atoms with van der Waals surface area (Å²) in [7, 11) is 0. The summed E-state index contributed by atoms with van der Waals surface area (Å²) in [4.78, 5) is 0. The van der Waals surface area contributed by atoms with Crippen LogP contribution >= 0.6 is 11.6 Å². The van der Waals surface area contributed by atoms with Gasteiger partial charge in [0.2, 0.25) is 0 Å². The number of aromatic nitrogens is 1. The quantitative estimate of drug-likeness (QED) is 0.671. The second kappa shape index (κ2) is 2.99. The summed E-state index contributed by atoms with van der Waals surface area (Å²) in [6.07, 6.45) is 1.40. The van der Waals surface area contributed by atoms with E-state index < -0.39 is 0 Å². The third-order valence-electron chi connectivity index (χ3n) is 1.52. The maximum atomic E-state index is 5.91. The van der Waals surface area contributed by atoms with Gasteiger partial charge in [0.1, 0.15) is 12.0 Å². The SMILES string of the molecule is Clc1ccccc1-c1[c]con1. The number of benzene rings is 1. The molecule has 0 unspecified atom stereocenters. The Labute approximate surface area is 74.8 Å². The van der Waals surface area contributed by atoms with Crippen molar-refractivity contribution in [3.63, 3.8) is 0 Å². The standard InChI is InChI=1S/C9H5ClNO/c10-8-4-2-1-3-7(8)9-5-6-12-11-9/h1-4,6H. The Balaban J connectivity index is 2.55. The van der Waals surface area contributed by atoms with Crippen LogP contribution < -0.4 is 0 Å². The van der Waals surface area contributed by atoms with E-state index in [1.807, 2.05) is 18.2 Å². The third-order valence-corrected chi connectivity index (χ3v) is 1.85. The predicted molar refractivity (Wildman–Crippen MR) is 45.8 cm³/mol.